The first-order valence-corrected chi connectivity index (χ1v) is 8.62. The first-order valence-electron chi connectivity index (χ1n) is 8.62. The normalized spacial score (nSPS) is 11.1. The number of benzene rings is 2. The Morgan fingerprint density at radius 1 is 1.04 bits per heavy atom. The molecule has 0 saturated carbocycles. The number of hydrazone groups is 1. The lowest BCUT2D eigenvalue weighted by Crippen LogP contribution is -2.18. The van der Waals surface area contributed by atoms with Gasteiger partial charge in [0, 0.05) is 24.2 Å². The number of amides is 1. The fraction of sp³-hybridized carbons (Fsp3) is 0.0455. The van der Waals surface area contributed by atoms with E-state index in [1.54, 1.807) is 6.21 Å². The van der Waals surface area contributed by atoms with Crippen LogP contribution in [0.15, 0.2) is 84.1 Å². The third-order valence-electron chi connectivity index (χ3n) is 4.38. The summed E-state index contributed by atoms with van der Waals surface area (Å²) in [6.45, 7) is 0. The van der Waals surface area contributed by atoms with E-state index < -0.39 is 0 Å². The van der Waals surface area contributed by atoms with Gasteiger partial charge >= 0.3 is 0 Å². The SMILES string of the molecule is Cn1cccc1/C=N\NC(=O)c1cc(-c2ccccc2)nc2ccccc12. The van der Waals surface area contributed by atoms with Crippen molar-refractivity contribution in [3.05, 3.63) is 90.3 Å². The first kappa shape index (κ1) is 16.7. The number of hydrogen-bond acceptors (Lipinski definition) is 3. The lowest BCUT2D eigenvalue weighted by Gasteiger charge is -2.09. The Balaban J connectivity index is 1.70. The van der Waals surface area contributed by atoms with Crippen LogP contribution in [-0.4, -0.2) is 21.7 Å². The predicted molar refractivity (Wildman–Crippen MR) is 108 cm³/mol. The van der Waals surface area contributed by atoms with Crippen LogP contribution >= 0.6 is 0 Å². The highest BCUT2D eigenvalue weighted by atomic mass is 16.2. The van der Waals surface area contributed by atoms with Crippen molar-refractivity contribution in [3.8, 4) is 11.3 Å². The highest BCUT2D eigenvalue weighted by Crippen LogP contribution is 2.24. The second-order valence-electron chi connectivity index (χ2n) is 6.18. The number of para-hydroxylation sites is 1. The van der Waals surface area contributed by atoms with Crippen LogP contribution in [0.5, 0.6) is 0 Å². The number of nitrogens with zero attached hydrogens (tertiary/aromatic N) is 3. The van der Waals surface area contributed by atoms with Crippen molar-refractivity contribution in [3.63, 3.8) is 0 Å². The fourth-order valence-corrected chi connectivity index (χ4v) is 2.95. The van der Waals surface area contributed by atoms with Gasteiger partial charge in [0.1, 0.15) is 0 Å². The minimum atomic E-state index is -0.267. The molecule has 0 spiro atoms. The molecule has 1 amide bonds. The van der Waals surface area contributed by atoms with E-state index >= 15 is 0 Å². The molecule has 0 unspecified atom stereocenters. The zero-order valence-electron chi connectivity index (χ0n) is 14.8. The van der Waals surface area contributed by atoms with Gasteiger partial charge in [0.25, 0.3) is 5.91 Å². The second-order valence-corrected chi connectivity index (χ2v) is 6.18. The van der Waals surface area contributed by atoms with Crippen LogP contribution in [0, 0.1) is 0 Å². The summed E-state index contributed by atoms with van der Waals surface area (Å²) in [7, 11) is 1.92. The Morgan fingerprint density at radius 2 is 1.81 bits per heavy atom. The molecular weight excluding hydrogens is 336 g/mol. The summed E-state index contributed by atoms with van der Waals surface area (Å²) >= 11 is 0. The summed E-state index contributed by atoms with van der Waals surface area (Å²) in [6, 6.07) is 23.1. The van der Waals surface area contributed by atoms with Gasteiger partial charge in [-0.05, 0) is 24.3 Å². The summed E-state index contributed by atoms with van der Waals surface area (Å²) < 4.78 is 1.92. The fourth-order valence-electron chi connectivity index (χ4n) is 2.95. The maximum absolute atomic E-state index is 12.8. The van der Waals surface area contributed by atoms with Gasteiger partial charge in [0.05, 0.1) is 28.7 Å². The maximum Gasteiger partial charge on any atom is 0.272 e. The molecule has 2 aromatic heterocycles. The number of pyridine rings is 1. The molecule has 0 aliphatic rings. The highest BCUT2D eigenvalue weighted by molar-refractivity contribution is 6.07. The van der Waals surface area contributed by atoms with Crippen molar-refractivity contribution in [2.24, 2.45) is 12.1 Å². The Bertz CT molecular complexity index is 1130. The third-order valence-corrected chi connectivity index (χ3v) is 4.38. The molecule has 27 heavy (non-hydrogen) atoms. The van der Waals surface area contributed by atoms with Gasteiger partial charge in [-0.3, -0.25) is 4.79 Å². The van der Waals surface area contributed by atoms with E-state index in [2.05, 4.69) is 10.5 Å². The summed E-state index contributed by atoms with van der Waals surface area (Å²) in [5, 5.41) is 4.89. The van der Waals surface area contributed by atoms with Crippen LogP contribution in [0.2, 0.25) is 0 Å². The molecule has 2 aromatic carbocycles. The molecule has 4 aromatic rings. The van der Waals surface area contributed by atoms with Gasteiger partial charge in [0.15, 0.2) is 0 Å². The number of carbonyl (C=O) groups is 1. The molecule has 2 heterocycles. The first-order chi connectivity index (χ1) is 13.2. The molecule has 0 fully saturated rings. The van der Waals surface area contributed by atoms with Crippen LogP contribution in [0.3, 0.4) is 0 Å². The average Bonchev–Trinajstić information content (AvgIpc) is 3.12. The van der Waals surface area contributed by atoms with Gasteiger partial charge in [-0.2, -0.15) is 5.10 Å². The molecule has 5 heteroatoms. The quantitative estimate of drug-likeness (QED) is 0.445. The molecule has 0 bridgehead atoms. The smallest absolute Gasteiger partial charge is 0.272 e. The predicted octanol–water partition coefficient (Wildman–Crippen LogP) is 4.00. The van der Waals surface area contributed by atoms with Crippen molar-refractivity contribution in [1.82, 2.24) is 15.0 Å². The largest absolute Gasteiger partial charge is 0.350 e. The minimum absolute atomic E-state index is 0.267. The molecule has 0 aliphatic heterocycles. The topological polar surface area (TPSA) is 59.3 Å². The number of aromatic nitrogens is 2. The van der Waals surface area contributed by atoms with E-state index in [1.165, 1.54) is 0 Å². The van der Waals surface area contributed by atoms with Crippen molar-refractivity contribution in [1.29, 1.82) is 0 Å². The Hall–Kier alpha value is -3.73. The average molecular weight is 354 g/mol. The zero-order valence-corrected chi connectivity index (χ0v) is 14.8. The van der Waals surface area contributed by atoms with Gasteiger partial charge in [-0.15, -0.1) is 0 Å². The van der Waals surface area contributed by atoms with E-state index in [0.717, 1.165) is 27.9 Å². The van der Waals surface area contributed by atoms with Gasteiger partial charge in [-0.25, -0.2) is 10.4 Å². The van der Waals surface area contributed by atoms with Crippen molar-refractivity contribution < 1.29 is 4.79 Å². The van der Waals surface area contributed by atoms with E-state index in [0.29, 0.717) is 5.56 Å². The number of aryl methyl sites for hydroxylation is 1. The molecule has 0 atom stereocenters. The minimum Gasteiger partial charge on any atom is -0.350 e. The van der Waals surface area contributed by atoms with Crippen molar-refractivity contribution in [2.75, 3.05) is 0 Å². The highest BCUT2D eigenvalue weighted by Gasteiger charge is 2.13. The van der Waals surface area contributed by atoms with Gasteiger partial charge in [0.2, 0.25) is 0 Å². The standard InChI is InChI=1S/C22H18N4O/c1-26-13-7-10-17(26)15-23-25-22(27)19-14-21(16-8-3-2-4-9-16)24-20-12-6-5-11-18(19)20/h2-15H,1H3,(H,25,27)/b23-15-. The van der Waals surface area contributed by atoms with Crippen LogP contribution in [0.4, 0.5) is 0 Å². The van der Waals surface area contributed by atoms with Crippen molar-refractivity contribution >= 4 is 23.0 Å². The number of carbonyl (C=O) groups excluding carboxylic acids is 1. The number of nitrogens with one attached hydrogen (secondary N) is 1. The van der Waals surface area contributed by atoms with Crippen LogP contribution in [0.1, 0.15) is 16.1 Å². The Labute approximate surface area is 157 Å². The number of fused-ring (bicyclic) bond motifs is 1. The van der Waals surface area contributed by atoms with Crippen LogP contribution in [-0.2, 0) is 7.05 Å². The molecule has 4 rings (SSSR count). The molecule has 0 radical (unpaired) electrons. The molecular formula is C22H18N4O. The van der Waals surface area contributed by atoms with Crippen LogP contribution in [0.25, 0.3) is 22.2 Å². The molecule has 5 nitrogen and oxygen atoms in total. The monoisotopic (exact) mass is 354 g/mol. The molecule has 0 saturated heterocycles. The van der Waals surface area contributed by atoms with E-state index in [4.69, 9.17) is 4.98 Å². The van der Waals surface area contributed by atoms with E-state index in [1.807, 2.05) is 90.6 Å². The van der Waals surface area contributed by atoms with Gasteiger partial charge < -0.3 is 4.57 Å². The number of hydrogen-bond donors (Lipinski definition) is 1. The van der Waals surface area contributed by atoms with Crippen LogP contribution < -0.4 is 5.43 Å². The maximum atomic E-state index is 12.8. The summed E-state index contributed by atoms with van der Waals surface area (Å²) in [5.41, 5.74) is 6.56. The summed E-state index contributed by atoms with van der Waals surface area (Å²) in [4.78, 5) is 17.5. The van der Waals surface area contributed by atoms with Crippen molar-refractivity contribution in [2.45, 2.75) is 0 Å². The summed E-state index contributed by atoms with van der Waals surface area (Å²) in [6.07, 6.45) is 3.55. The third kappa shape index (κ3) is 3.48. The van der Waals surface area contributed by atoms with Gasteiger partial charge in [-0.1, -0.05) is 48.5 Å². The Kier molecular flexibility index (Phi) is 4.49. The lowest BCUT2D eigenvalue weighted by atomic mass is 10.0. The summed E-state index contributed by atoms with van der Waals surface area (Å²) in [5.74, 6) is -0.267. The molecule has 0 aliphatic carbocycles. The molecule has 132 valence electrons. The lowest BCUT2D eigenvalue weighted by molar-refractivity contribution is 0.0956. The van der Waals surface area contributed by atoms with E-state index in [9.17, 15) is 4.79 Å². The number of rotatable bonds is 4. The van der Waals surface area contributed by atoms with E-state index in [-0.39, 0.29) is 5.91 Å². The molecule has 1 N–H and O–H groups in total. The zero-order chi connectivity index (χ0) is 18.6. The Morgan fingerprint density at radius 3 is 2.59 bits per heavy atom. The second kappa shape index (κ2) is 7.25.